The summed E-state index contributed by atoms with van der Waals surface area (Å²) in [5.41, 5.74) is 1.66. The maximum Gasteiger partial charge on any atom is 0.269 e. The highest BCUT2D eigenvalue weighted by Crippen LogP contribution is 2.26. The van der Waals surface area contributed by atoms with Gasteiger partial charge in [0.05, 0.1) is 4.90 Å². The quantitative estimate of drug-likeness (QED) is 0.344. The lowest BCUT2D eigenvalue weighted by Crippen LogP contribution is -2.31. The second-order valence-corrected chi connectivity index (χ2v) is 7.49. The summed E-state index contributed by atoms with van der Waals surface area (Å²) < 4.78 is 91.3. The van der Waals surface area contributed by atoms with E-state index in [1.54, 1.807) is 10.9 Å². The standard InChI is InChI=1S/C15H12F5N3O3S/c1-23(2)27(25,26)8-5-3-4-7(6-8)15(24)22-21-14-12(19)10(17)9(16)11(18)13(14)20/h3-6,21H,1-2H3,(H,22,24). The number of amides is 1. The summed E-state index contributed by atoms with van der Waals surface area (Å²) in [4.78, 5) is 11.8. The van der Waals surface area contributed by atoms with Gasteiger partial charge in [0.25, 0.3) is 5.91 Å². The number of benzene rings is 2. The van der Waals surface area contributed by atoms with Gasteiger partial charge in [0.2, 0.25) is 15.8 Å². The van der Waals surface area contributed by atoms with Crippen LogP contribution in [0.15, 0.2) is 29.2 Å². The second kappa shape index (κ2) is 7.48. The Hall–Kier alpha value is -2.73. The molecule has 6 nitrogen and oxygen atoms in total. The van der Waals surface area contributed by atoms with Crippen LogP contribution in [-0.2, 0) is 10.0 Å². The summed E-state index contributed by atoms with van der Waals surface area (Å²) in [7, 11) is -1.32. The number of nitrogens with zero attached hydrogens (tertiary/aromatic N) is 1. The lowest BCUT2D eigenvalue weighted by Gasteiger charge is -2.14. The van der Waals surface area contributed by atoms with Crippen LogP contribution in [0.4, 0.5) is 27.6 Å². The Kier molecular flexibility index (Phi) is 5.70. The highest BCUT2D eigenvalue weighted by atomic mass is 32.2. The molecule has 0 saturated carbocycles. The zero-order valence-electron chi connectivity index (χ0n) is 13.8. The molecule has 27 heavy (non-hydrogen) atoms. The molecule has 0 aliphatic carbocycles. The molecule has 2 rings (SSSR count). The van der Waals surface area contributed by atoms with Gasteiger partial charge in [-0.05, 0) is 18.2 Å². The summed E-state index contributed by atoms with van der Waals surface area (Å²) in [6.45, 7) is 0. The molecule has 0 radical (unpaired) electrons. The summed E-state index contributed by atoms with van der Waals surface area (Å²) in [6, 6.07) is 4.61. The van der Waals surface area contributed by atoms with Crippen LogP contribution in [0.3, 0.4) is 0 Å². The van der Waals surface area contributed by atoms with E-state index < -0.39 is 50.7 Å². The number of carbonyl (C=O) groups is 1. The fraction of sp³-hybridized carbons (Fsp3) is 0.133. The molecule has 0 spiro atoms. The molecule has 2 aromatic rings. The number of hydrogen-bond donors (Lipinski definition) is 2. The van der Waals surface area contributed by atoms with Gasteiger partial charge in [-0.1, -0.05) is 6.07 Å². The predicted molar refractivity (Wildman–Crippen MR) is 84.6 cm³/mol. The monoisotopic (exact) mass is 409 g/mol. The van der Waals surface area contributed by atoms with Gasteiger partial charge in [-0.25, -0.2) is 34.7 Å². The average molecular weight is 409 g/mol. The van der Waals surface area contributed by atoms with Crippen LogP contribution in [0.2, 0.25) is 0 Å². The van der Waals surface area contributed by atoms with Crippen LogP contribution in [-0.4, -0.2) is 32.7 Å². The molecule has 0 unspecified atom stereocenters. The molecule has 0 atom stereocenters. The van der Waals surface area contributed by atoms with Crippen LogP contribution in [0.5, 0.6) is 0 Å². The predicted octanol–water partition coefficient (Wildman–Crippen LogP) is 2.39. The molecular formula is C15H12F5N3O3S. The highest BCUT2D eigenvalue weighted by molar-refractivity contribution is 7.89. The molecule has 0 aliphatic heterocycles. The molecule has 12 heteroatoms. The first-order chi connectivity index (χ1) is 12.5. The van der Waals surface area contributed by atoms with Crippen molar-refractivity contribution < 1.29 is 35.2 Å². The molecule has 0 saturated heterocycles. The van der Waals surface area contributed by atoms with E-state index in [1.165, 1.54) is 32.3 Å². The van der Waals surface area contributed by atoms with Crippen molar-refractivity contribution in [1.29, 1.82) is 0 Å². The van der Waals surface area contributed by atoms with Crippen molar-refractivity contribution in [3.8, 4) is 0 Å². The first kappa shape index (κ1) is 20.6. The van der Waals surface area contributed by atoms with Crippen LogP contribution in [0, 0.1) is 29.1 Å². The summed E-state index contributed by atoms with van der Waals surface area (Å²) >= 11 is 0. The zero-order chi connectivity index (χ0) is 20.5. The number of hydrazine groups is 1. The van der Waals surface area contributed by atoms with Crippen molar-refractivity contribution >= 4 is 21.6 Å². The molecule has 0 bridgehead atoms. The van der Waals surface area contributed by atoms with E-state index in [1.807, 2.05) is 0 Å². The third-order valence-electron chi connectivity index (χ3n) is 3.39. The zero-order valence-corrected chi connectivity index (χ0v) is 14.6. The molecule has 146 valence electrons. The molecule has 0 fully saturated rings. The van der Waals surface area contributed by atoms with Crippen molar-refractivity contribution in [2.75, 3.05) is 19.5 Å². The summed E-state index contributed by atoms with van der Waals surface area (Å²) in [5.74, 6) is -12.1. The molecule has 0 aromatic heterocycles. The lowest BCUT2D eigenvalue weighted by molar-refractivity contribution is 0.0962. The number of carbonyl (C=O) groups excluding carboxylic acids is 1. The first-order valence-corrected chi connectivity index (χ1v) is 8.52. The Morgan fingerprint density at radius 1 is 0.926 bits per heavy atom. The number of rotatable bonds is 5. The third kappa shape index (κ3) is 3.85. The number of halogens is 5. The minimum Gasteiger partial charge on any atom is -0.293 e. The first-order valence-electron chi connectivity index (χ1n) is 7.08. The highest BCUT2D eigenvalue weighted by Gasteiger charge is 2.26. The van der Waals surface area contributed by atoms with E-state index in [-0.39, 0.29) is 10.5 Å². The molecular weight excluding hydrogens is 397 g/mol. The number of hydrogen-bond acceptors (Lipinski definition) is 4. The van der Waals surface area contributed by atoms with Crippen LogP contribution in [0.1, 0.15) is 10.4 Å². The second-order valence-electron chi connectivity index (χ2n) is 5.34. The number of sulfonamides is 1. The van der Waals surface area contributed by atoms with E-state index in [0.29, 0.717) is 0 Å². The Bertz CT molecular complexity index is 983. The normalized spacial score (nSPS) is 11.6. The fourth-order valence-corrected chi connectivity index (χ4v) is 2.86. The van der Waals surface area contributed by atoms with Gasteiger partial charge >= 0.3 is 0 Å². The van der Waals surface area contributed by atoms with Crippen molar-refractivity contribution in [1.82, 2.24) is 9.73 Å². The fourth-order valence-electron chi connectivity index (χ4n) is 1.91. The van der Waals surface area contributed by atoms with E-state index in [9.17, 15) is 35.2 Å². The third-order valence-corrected chi connectivity index (χ3v) is 5.20. The Balaban J connectivity index is 2.28. The van der Waals surface area contributed by atoms with Crippen LogP contribution in [0.25, 0.3) is 0 Å². The topological polar surface area (TPSA) is 78.5 Å². The van der Waals surface area contributed by atoms with E-state index >= 15 is 0 Å². The Morgan fingerprint density at radius 3 is 1.96 bits per heavy atom. The smallest absolute Gasteiger partial charge is 0.269 e. The molecule has 2 aromatic carbocycles. The lowest BCUT2D eigenvalue weighted by atomic mass is 10.2. The van der Waals surface area contributed by atoms with E-state index in [2.05, 4.69) is 0 Å². The maximum absolute atomic E-state index is 13.5. The Morgan fingerprint density at radius 2 is 1.44 bits per heavy atom. The van der Waals surface area contributed by atoms with E-state index in [4.69, 9.17) is 0 Å². The van der Waals surface area contributed by atoms with Crippen molar-refractivity contribution in [3.05, 3.63) is 58.9 Å². The maximum atomic E-state index is 13.5. The number of nitrogens with one attached hydrogen (secondary N) is 2. The van der Waals surface area contributed by atoms with Gasteiger partial charge in [0, 0.05) is 19.7 Å². The molecule has 0 aliphatic rings. The number of anilines is 1. The SMILES string of the molecule is CN(C)S(=O)(=O)c1cccc(C(=O)NNc2c(F)c(F)c(F)c(F)c2F)c1. The molecule has 1 amide bonds. The van der Waals surface area contributed by atoms with Crippen LogP contribution >= 0.6 is 0 Å². The van der Waals surface area contributed by atoms with Gasteiger partial charge in [-0.15, -0.1) is 0 Å². The van der Waals surface area contributed by atoms with E-state index in [0.717, 1.165) is 10.4 Å². The summed E-state index contributed by atoms with van der Waals surface area (Å²) in [5, 5.41) is 0. The average Bonchev–Trinajstić information content (AvgIpc) is 2.64. The van der Waals surface area contributed by atoms with Crippen LogP contribution < -0.4 is 10.9 Å². The molecule has 0 heterocycles. The largest absolute Gasteiger partial charge is 0.293 e. The van der Waals surface area contributed by atoms with Gasteiger partial charge < -0.3 is 0 Å². The van der Waals surface area contributed by atoms with Gasteiger partial charge in [-0.3, -0.25) is 15.6 Å². The molecule has 2 N–H and O–H groups in total. The minimum absolute atomic E-state index is 0.239. The Labute approximate surface area is 150 Å². The van der Waals surface area contributed by atoms with Crippen molar-refractivity contribution in [2.24, 2.45) is 0 Å². The van der Waals surface area contributed by atoms with Gasteiger partial charge in [0.15, 0.2) is 23.3 Å². The van der Waals surface area contributed by atoms with Gasteiger partial charge in [-0.2, -0.15) is 0 Å². The summed E-state index contributed by atoms with van der Waals surface area (Å²) in [6.07, 6.45) is 0. The van der Waals surface area contributed by atoms with Crippen molar-refractivity contribution in [2.45, 2.75) is 4.90 Å². The van der Waals surface area contributed by atoms with Gasteiger partial charge in [0.1, 0.15) is 5.69 Å². The minimum atomic E-state index is -3.86. The van der Waals surface area contributed by atoms with Crippen molar-refractivity contribution in [3.63, 3.8) is 0 Å².